The summed E-state index contributed by atoms with van der Waals surface area (Å²) < 4.78 is 0. The van der Waals surface area contributed by atoms with Crippen molar-refractivity contribution >= 4 is 5.78 Å². The summed E-state index contributed by atoms with van der Waals surface area (Å²) in [7, 11) is 0. The first-order chi connectivity index (χ1) is 8.02. The molecular formula is C15H29NO. The number of hydrogen-bond acceptors (Lipinski definition) is 2. The molecule has 17 heavy (non-hydrogen) atoms. The molecule has 2 N–H and O–H groups in total. The third-order valence-electron chi connectivity index (χ3n) is 4.02. The van der Waals surface area contributed by atoms with Crippen molar-refractivity contribution < 1.29 is 4.79 Å². The Morgan fingerprint density at radius 3 is 2.59 bits per heavy atom. The zero-order chi connectivity index (χ0) is 12.8. The van der Waals surface area contributed by atoms with Crippen LogP contribution in [-0.2, 0) is 4.79 Å². The Morgan fingerprint density at radius 1 is 1.35 bits per heavy atom. The molecule has 1 saturated carbocycles. The molecule has 3 atom stereocenters. The van der Waals surface area contributed by atoms with Gasteiger partial charge < -0.3 is 5.73 Å². The molecule has 2 nitrogen and oxygen atoms in total. The van der Waals surface area contributed by atoms with Gasteiger partial charge in [0.25, 0.3) is 0 Å². The fourth-order valence-electron chi connectivity index (χ4n) is 3.11. The summed E-state index contributed by atoms with van der Waals surface area (Å²) >= 11 is 0. The van der Waals surface area contributed by atoms with E-state index in [1.54, 1.807) is 0 Å². The number of nitrogens with two attached hydrogens (primary N) is 1. The largest absolute Gasteiger partial charge is 0.330 e. The van der Waals surface area contributed by atoms with E-state index in [0.717, 1.165) is 25.2 Å². The van der Waals surface area contributed by atoms with Crippen LogP contribution in [0.3, 0.4) is 0 Å². The van der Waals surface area contributed by atoms with Gasteiger partial charge in [0.05, 0.1) is 0 Å². The maximum atomic E-state index is 12.2. The van der Waals surface area contributed by atoms with Crippen molar-refractivity contribution in [2.45, 2.75) is 59.3 Å². The quantitative estimate of drug-likeness (QED) is 0.772. The van der Waals surface area contributed by atoms with Gasteiger partial charge in [-0.05, 0) is 43.6 Å². The lowest BCUT2D eigenvalue weighted by Crippen LogP contribution is -2.26. The first-order valence-electron chi connectivity index (χ1n) is 7.25. The molecule has 0 saturated heterocycles. The Hall–Kier alpha value is -0.370. The van der Waals surface area contributed by atoms with Crippen molar-refractivity contribution in [3.63, 3.8) is 0 Å². The molecule has 3 unspecified atom stereocenters. The minimum atomic E-state index is 0.333. The van der Waals surface area contributed by atoms with Gasteiger partial charge in [-0.15, -0.1) is 0 Å². The van der Waals surface area contributed by atoms with Crippen LogP contribution < -0.4 is 5.73 Å². The maximum absolute atomic E-state index is 12.2. The molecule has 0 aromatic rings. The van der Waals surface area contributed by atoms with Crippen LogP contribution in [0.15, 0.2) is 0 Å². The molecule has 0 amide bonds. The molecule has 0 bridgehead atoms. The van der Waals surface area contributed by atoms with E-state index in [9.17, 15) is 4.79 Å². The minimum Gasteiger partial charge on any atom is -0.330 e. The molecule has 100 valence electrons. The molecular weight excluding hydrogens is 210 g/mol. The average molecular weight is 239 g/mol. The van der Waals surface area contributed by atoms with Crippen LogP contribution in [0, 0.1) is 23.7 Å². The first kappa shape index (κ1) is 14.7. The van der Waals surface area contributed by atoms with Crippen LogP contribution >= 0.6 is 0 Å². The highest BCUT2D eigenvalue weighted by molar-refractivity contribution is 5.81. The fraction of sp³-hybridized carbons (Fsp3) is 0.933. The van der Waals surface area contributed by atoms with Gasteiger partial charge in [-0.25, -0.2) is 0 Å². The average Bonchev–Trinajstić information content (AvgIpc) is 2.27. The maximum Gasteiger partial charge on any atom is 0.136 e. The number of carbonyl (C=O) groups excluding carboxylic acids is 1. The van der Waals surface area contributed by atoms with Crippen molar-refractivity contribution in [3.05, 3.63) is 0 Å². The number of ketones is 1. The third-order valence-corrected chi connectivity index (χ3v) is 4.02. The van der Waals surface area contributed by atoms with E-state index in [2.05, 4.69) is 20.8 Å². The van der Waals surface area contributed by atoms with E-state index in [0.29, 0.717) is 36.5 Å². The molecule has 0 spiro atoms. The second-order valence-electron chi connectivity index (χ2n) is 6.37. The first-order valence-corrected chi connectivity index (χ1v) is 7.25. The van der Waals surface area contributed by atoms with Crippen molar-refractivity contribution in [3.8, 4) is 0 Å². The Kier molecular flexibility index (Phi) is 6.18. The van der Waals surface area contributed by atoms with Gasteiger partial charge >= 0.3 is 0 Å². The molecule has 1 fully saturated rings. The number of hydrogen-bond donors (Lipinski definition) is 1. The van der Waals surface area contributed by atoms with E-state index >= 15 is 0 Å². The molecule has 0 aromatic heterocycles. The molecule has 1 aliphatic carbocycles. The molecule has 1 aliphatic rings. The Balaban J connectivity index is 2.40. The van der Waals surface area contributed by atoms with Crippen molar-refractivity contribution in [1.29, 1.82) is 0 Å². The smallest absolute Gasteiger partial charge is 0.136 e. The van der Waals surface area contributed by atoms with Gasteiger partial charge in [0, 0.05) is 12.3 Å². The highest BCUT2D eigenvalue weighted by Gasteiger charge is 2.26. The van der Waals surface area contributed by atoms with Gasteiger partial charge in [-0.1, -0.05) is 33.6 Å². The van der Waals surface area contributed by atoms with Gasteiger partial charge in [-0.3, -0.25) is 4.79 Å². The summed E-state index contributed by atoms with van der Waals surface area (Å²) in [6, 6.07) is 0. The summed E-state index contributed by atoms with van der Waals surface area (Å²) in [5, 5.41) is 0. The Labute approximate surface area is 106 Å². The van der Waals surface area contributed by atoms with Crippen LogP contribution in [-0.4, -0.2) is 12.3 Å². The minimum absolute atomic E-state index is 0.333. The van der Waals surface area contributed by atoms with Gasteiger partial charge in [0.15, 0.2) is 0 Å². The van der Waals surface area contributed by atoms with Crippen LogP contribution in [0.2, 0.25) is 0 Å². The van der Waals surface area contributed by atoms with Gasteiger partial charge in [0.2, 0.25) is 0 Å². The lowest BCUT2D eigenvalue weighted by molar-refractivity contribution is -0.125. The zero-order valence-corrected chi connectivity index (χ0v) is 11.7. The number of Topliss-reactive ketones (excluding diaryl/α,β-unsaturated/α-hetero) is 1. The van der Waals surface area contributed by atoms with Crippen LogP contribution in [0.5, 0.6) is 0 Å². The normalized spacial score (nSPS) is 27.1. The molecule has 0 aliphatic heterocycles. The lowest BCUT2D eigenvalue weighted by atomic mass is 9.77. The standard InChI is InChI=1S/C15H29NO/c1-11(2)7-13(10-16)9-15(17)14-6-4-5-12(3)8-14/h11-14H,4-10,16H2,1-3H3. The molecule has 0 heterocycles. The van der Waals surface area contributed by atoms with E-state index in [4.69, 9.17) is 5.73 Å². The van der Waals surface area contributed by atoms with Crippen molar-refractivity contribution in [2.24, 2.45) is 29.4 Å². The van der Waals surface area contributed by atoms with Crippen molar-refractivity contribution in [2.75, 3.05) is 6.54 Å². The number of rotatable bonds is 6. The predicted octanol–water partition coefficient (Wildman–Crippen LogP) is 3.39. The second-order valence-corrected chi connectivity index (χ2v) is 6.37. The Bertz CT molecular complexity index is 237. The van der Waals surface area contributed by atoms with Crippen LogP contribution in [0.4, 0.5) is 0 Å². The summed E-state index contributed by atoms with van der Waals surface area (Å²) in [4.78, 5) is 12.2. The lowest BCUT2D eigenvalue weighted by Gasteiger charge is -2.27. The van der Waals surface area contributed by atoms with Crippen LogP contribution in [0.25, 0.3) is 0 Å². The fourth-order valence-corrected chi connectivity index (χ4v) is 3.11. The molecule has 2 heteroatoms. The van der Waals surface area contributed by atoms with Gasteiger partial charge in [0.1, 0.15) is 5.78 Å². The molecule has 1 rings (SSSR count). The summed E-state index contributed by atoms with van der Waals surface area (Å²) in [5.74, 6) is 2.59. The Morgan fingerprint density at radius 2 is 2.06 bits per heavy atom. The van der Waals surface area contributed by atoms with Crippen molar-refractivity contribution in [1.82, 2.24) is 0 Å². The highest BCUT2D eigenvalue weighted by Crippen LogP contribution is 2.31. The monoisotopic (exact) mass is 239 g/mol. The zero-order valence-electron chi connectivity index (χ0n) is 11.7. The van der Waals surface area contributed by atoms with Crippen LogP contribution in [0.1, 0.15) is 59.3 Å². The highest BCUT2D eigenvalue weighted by atomic mass is 16.1. The summed E-state index contributed by atoms with van der Waals surface area (Å²) in [5.41, 5.74) is 5.77. The summed E-state index contributed by atoms with van der Waals surface area (Å²) in [6.45, 7) is 7.34. The number of carbonyl (C=O) groups is 1. The topological polar surface area (TPSA) is 43.1 Å². The second kappa shape index (κ2) is 7.15. The van der Waals surface area contributed by atoms with E-state index in [-0.39, 0.29) is 0 Å². The van der Waals surface area contributed by atoms with E-state index in [1.165, 1.54) is 12.8 Å². The van der Waals surface area contributed by atoms with Gasteiger partial charge in [-0.2, -0.15) is 0 Å². The SMILES string of the molecule is CC(C)CC(CN)CC(=O)C1CCCC(C)C1. The van der Waals surface area contributed by atoms with E-state index in [1.807, 2.05) is 0 Å². The molecule has 0 radical (unpaired) electrons. The predicted molar refractivity (Wildman–Crippen MR) is 72.7 cm³/mol. The van der Waals surface area contributed by atoms with E-state index < -0.39 is 0 Å². The third kappa shape index (κ3) is 5.20. The molecule has 0 aromatic carbocycles. The summed E-state index contributed by atoms with van der Waals surface area (Å²) in [6.07, 6.45) is 6.56.